The van der Waals surface area contributed by atoms with Crippen LogP contribution in [0, 0.1) is 16.7 Å². The van der Waals surface area contributed by atoms with Crippen LogP contribution in [0.25, 0.3) is 0 Å². The minimum atomic E-state index is -3.03. The molecule has 0 unspecified atom stereocenters. The number of nitrogens with one attached hydrogen (secondary N) is 1. The van der Waals surface area contributed by atoms with E-state index in [1.807, 2.05) is 0 Å². The van der Waals surface area contributed by atoms with Crippen LogP contribution < -0.4 is 4.72 Å². The molecule has 13 heavy (non-hydrogen) atoms. The average molecular weight is 205 g/mol. The van der Waals surface area contributed by atoms with E-state index in [0.717, 1.165) is 0 Å². The average Bonchev–Trinajstić information content (AvgIpc) is 2.19. The van der Waals surface area contributed by atoms with E-state index in [4.69, 9.17) is 0 Å². The lowest BCUT2D eigenvalue weighted by molar-refractivity contribution is 0.457. The second-order valence-corrected chi connectivity index (χ2v) is 6.95. The van der Waals surface area contributed by atoms with Gasteiger partial charge in [0.2, 0.25) is 10.0 Å². The Balaban J connectivity index is 2.53. The maximum atomic E-state index is 10.9. The molecule has 0 atom stereocenters. The van der Waals surface area contributed by atoms with Crippen LogP contribution in [0.2, 0.25) is 0 Å². The van der Waals surface area contributed by atoms with Crippen LogP contribution in [0.1, 0.15) is 27.7 Å². The first-order chi connectivity index (χ1) is 5.59. The third kappa shape index (κ3) is 1.89. The highest BCUT2D eigenvalue weighted by atomic mass is 32.2. The highest BCUT2D eigenvalue weighted by Crippen LogP contribution is 2.67. The van der Waals surface area contributed by atoms with Crippen molar-refractivity contribution in [2.45, 2.75) is 27.7 Å². The lowest BCUT2D eigenvalue weighted by atomic mass is 10.0. The zero-order valence-electron chi connectivity index (χ0n) is 9.01. The number of rotatable bonds is 3. The summed E-state index contributed by atoms with van der Waals surface area (Å²) in [5, 5.41) is 0. The van der Waals surface area contributed by atoms with Gasteiger partial charge >= 0.3 is 0 Å². The molecule has 1 saturated carbocycles. The lowest BCUT2D eigenvalue weighted by Crippen LogP contribution is -2.25. The van der Waals surface area contributed by atoms with E-state index in [-0.39, 0.29) is 10.8 Å². The molecule has 0 spiro atoms. The van der Waals surface area contributed by atoms with Crippen LogP contribution in [-0.4, -0.2) is 21.2 Å². The molecule has 1 rings (SSSR count). The second-order valence-electron chi connectivity index (χ2n) is 5.12. The van der Waals surface area contributed by atoms with Crippen molar-refractivity contribution in [1.82, 2.24) is 4.72 Å². The summed E-state index contributed by atoms with van der Waals surface area (Å²) in [6.07, 6.45) is 1.20. The number of hydrogen-bond donors (Lipinski definition) is 1. The number of hydrogen-bond acceptors (Lipinski definition) is 2. The summed E-state index contributed by atoms with van der Waals surface area (Å²) in [6, 6.07) is 0. The van der Waals surface area contributed by atoms with E-state index in [1.54, 1.807) is 0 Å². The van der Waals surface area contributed by atoms with Crippen LogP contribution in [0.3, 0.4) is 0 Å². The molecule has 0 amide bonds. The van der Waals surface area contributed by atoms with Gasteiger partial charge in [-0.05, 0) is 16.7 Å². The van der Waals surface area contributed by atoms with Crippen molar-refractivity contribution in [2.24, 2.45) is 16.7 Å². The molecule has 1 fully saturated rings. The molecule has 78 valence electrons. The van der Waals surface area contributed by atoms with Crippen LogP contribution >= 0.6 is 0 Å². The fourth-order valence-corrected chi connectivity index (χ4v) is 2.55. The molecule has 4 heteroatoms. The molecular weight excluding hydrogens is 186 g/mol. The predicted octanol–water partition coefficient (Wildman–Crippen LogP) is 1.22. The van der Waals surface area contributed by atoms with Gasteiger partial charge in [-0.1, -0.05) is 27.7 Å². The Morgan fingerprint density at radius 1 is 1.15 bits per heavy atom. The standard InChI is InChI=1S/C9H19NO2S/c1-8(2)7(9(8,3)4)6-10-13(5,11)12/h7,10H,6H2,1-5H3. The van der Waals surface area contributed by atoms with Gasteiger partial charge in [0.05, 0.1) is 6.26 Å². The Morgan fingerprint density at radius 3 is 1.77 bits per heavy atom. The van der Waals surface area contributed by atoms with Crippen molar-refractivity contribution in [3.8, 4) is 0 Å². The van der Waals surface area contributed by atoms with Crippen molar-refractivity contribution in [3.05, 3.63) is 0 Å². The molecule has 0 bridgehead atoms. The molecule has 0 saturated heterocycles. The molecule has 1 N–H and O–H groups in total. The summed E-state index contributed by atoms with van der Waals surface area (Å²) in [6.45, 7) is 9.30. The first kappa shape index (κ1) is 11.0. The molecule has 1 aliphatic rings. The Labute approximate surface area is 81.0 Å². The molecule has 0 aromatic heterocycles. The summed E-state index contributed by atoms with van der Waals surface area (Å²) in [4.78, 5) is 0. The van der Waals surface area contributed by atoms with Gasteiger partial charge < -0.3 is 0 Å². The largest absolute Gasteiger partial charge is 0.215 e. The Bertz CT molecular complexity index is 290. The van der Waals surface area contributed by atoms with Gasteiger partial charge in [0, 0.05) is 6.54 Å². The van der Waals surface area contributed by atoms with Gasteiger partial charge in [-0.15, -0.1) is 0 Å². The van der Waals surface area contributed by atoms with Crippen molar-refractivity contribution in [2.75, 3.05) is 12.8 Å². The first-order valence-electron chi connectivity index (χ1n) is 4.53. The molecule has 0 aromatic rings. The molecule has 3 nitrogen and oxygen atoms in total. The van der Waals surface area contributed by atoms with Gasteiger partial charge in [0.15, 0.2) is 0 Å². The molecule has 0 radical (unpaired) electrons. The highest BCUT2D eigenvalue weighted by molar-refractivity contribution is 7.88. The third-order valence-electron chi connectivity index (χ3n) is 3.87. The summed E-state index contributed by atoms with van der Waals surface area (Å²) >= 11 is 0. The molecule has 1 aliphatic carbocycles. The van der Waals surface area contributed by atoms with Gasteiger partial charge in [-0.25, -0.2) is 13.1 Å². The second kappa shape index (κ2) is 2.70. The predicted molar refractivity (Wildman–Crippen MR) is 53.9 cm³/mol. The summed E-state index contributed by atoms with van der Waals surface area (Å²) in [5.74, 6) is 0.453. The Hall–Kier alpha value is -0.0900. The molecule has 0 aromatic carbocycles. The van der Waals surface area contributed by atoms with Crippen LogP contribution in [-0.2, 0) is 10.0 Å². The SMILES string of the molecule is CC1(C)C(CNS(C)(=O)=O)C1(C)C. The third-order valence-corrected chi connectivity index (χ3v) is 4.56. The van der Waals surface area contributed by atoms with E-state index in [1.165, 1.54) is 6.26 Å². The van der Waals surface area contributed by atoms with Crippen molar-refractivity contribution in [3.63, 3.8) is 0 Å². The zero-order valence-corrected chi connectivity index (χ0v) is 9.83. The van der Waals surface area contributed by atoms with E-state index in [9.17, 15) is 8.42 Å². The topological polar surface area (TPSA) is 46.2 Å². The Kier molecular flexibility index (Phi) is 2.28. The van der Waals surface area contributed by atoms with Gasteiger partial charge in [-0.2, -0.15) is 0 Å². The minimum Gasteiger partial charge on any atom is -0.215 e. The maximum Gasteiger partial charge on any atom is 0.208 e. The highest BCUT2D eigenvalue weighted by Gasteiger charge is 2.64. The lowest BCUT2D eigenvalue weighted by Gasteiger charge is -2.04. The van der Waals surface area contributed by atoms with Crippen LogP contribution in [0.5, 0.6) is 0 Å². The molecule has 0 aliphatic heterocycles. The van der Waals surface area contributed by atoms with E-state index in [0.29, 0.717) is 12.5 Å². The van der Waals surface area contributed by atoms with Crippen LogP contribution in [0.15, 0.2) is 0 Å². The molecular formula is C9H19NO2S. The van der Waals surface area contributed by atoms with Gasteiger partial charge in [-0.3, -0.25) is 0 Å². The van der Waals surface area contributed by atoms with Gasteiger partial charge in [0.1, 0.15) is 0 Å². The van der Waals surface area contributed by atoms with Crippen molar-refractivity contribution in [1.29, 1.82) is 0 Å². The quantitative estimate of drug-likeness (QED) is 0.753. The zero-order chi connectivity index (χ0) is 10.5. The van der Waals surface area contributed by atoms with Gasteiger partial charge in [0.25, 0.3) is 0 Å². The number of sulfonamides is 1. The van der Waals surface area contributed by atoms with E-state index < -0.39 is 10.0 Å². The fraction of sp³-hybridized carbons (Fsp3) is 1.00. The Morgan fingerprint density at radius 2 is 1.54 bits per heavy atom. The van der Waals surface area contributed by atoms with E-state index >= 15 is 0 Å². The fourth-order valence-electron chi connectivity index (χ4n) is 2.08. The smallest absolute Gasteiger partial charge is 0.208 e. The summed E-state index contributed by atoms with van der Waals surface area (Å²) in [7, 11) is -3.03. The van der Waals surface area contributed by atoms with E-state index in [2.05, 4.69) is 32.4 Å². The van der Waals surface area contributed by atoms with Crippen LogP contribution in [0.4, 0.5) is 0 Å². The van der Waals surface area contributed by atoms with Crippen molar-refractivity contribution < 1.29 is 8.42 Å². The maximum absolute atomic E-state index is 10.9. The normalized spacial score (nSPS) is 25.9. The monoisotopic (exact) mass is 205 g/mol. The molecule has 0 heterocycles. The first-order valence-corrected chi connectivity index (χ1v) is 6.43. The minimum absolute atomic E-state index is 0.255. The summed E-state index contributed by atoms with van der Waals surface area (Å²) < 4.78 is 24.3. The summed E-state index contributed by atoms with van der Waals surface area (Å²) in [5.41, 5.74) is 0.509. The van der Waals surface area contributed by atoms with Crippen molar-refractivity contribution >= 4 is 10.0 Å².